The van der Waals surface area contributed by atoms with E-state index in [1.165, 1.54) is 148 Å². The summed E-state index contributed by atoms with van der Waals surface area (Å²) in [7, 11) is -9.94. The molecule has 3 N–H and O–H groups in total. The SMILES string of the molecule is CCCCCC/C=C\C=C/CCCCCCCC(=O)OC[C@H](COP(=O)(O)OC[C@@H](O)COP(=O)(O)OC[C@@H](COC(=O)CCCCCCCCCCCC(C)C)OC(=O)CCCCCCCCCCCCCCCC)OC(=O)CCCCCCC/C=C\C=C/CCCCCC. The van der Waals surface area contributed by atoms with Crippen molar-refractivity contribution in [2.75, 3.05) is 39.6 Å². The summed E-state index contributed by atoms with van der Waals surface area (Å²) in [5, 5.41) is 10.6. The Kier molecular flexibility index (Phi) is 67.0. The van der Waals surface area contributed by atoms with Crippen LogP contribution < -0.4 is 0 Å². The maximum atomic E-state index is 13.1. The van der Waals surface area contributed by atoms with Crippen LogP contribution in [0.3, 0.4) is 0 Å². The van der Waals surface area contributed by atoms with Gasteiger partial charge < -0.3 is 33.8 Å². The van der Waals surface area contributed by atoms with Crippen LogP contribution in [-0.4, -0.2) is 96.7 Å². The minimum atomic E-state index is -4.97. The molecule has 19 heteroatoms. The summed E-state index contributed by atoms with van der Waals surface area (Å²) in [6.07, 6.45) is 63.9. The highest BCUT2D eigenvalue weighted by Crippen LogP contribution is 2.45. The highest BCUT2D eigenvalue weighted by molar-refractivity contribution is 7.47. The fraction of sp³-hybridized carbons (Fsp3) is 0.844. The van der Waals surface area contributed by atoms with E-state index in [0.29, 0.717) is 25.7 Å². The van der Waals surface area contributed by atoms with Gasteiger partial charge in [-0.2, -0.15) is 0 Å². The summed E-state index contributed by atoms with van der Waals surface area (Å²) in [6, 6.07) is 0. The van der Waals surface area contributed by atoms with E-state index in [-0.39, 0.29) is 25.7 Å². The third-order valence-electron chi connectivity index (χ3n) is 16.8. The average Bonchev–Trinajstić information content (AvgIpc) is 1.25. The number of aliphatic hydroxyl groups excluding tert-OH is 1. The van der Waals surface area contributed by atoms with Gasteiger partial charge in [0, 0.05) is 25.7 Å². The lowest BCUT2D eigenvalue weighted by Gasteiger charge is -2.21. The lowest BCUT2D eigenvalue weighted by molar-refractivity contribution is -0.161. The Hall–Kier alpha value is -2.98. The first kappa shape index (κ1) is 93.0. The van der Waals surface area contributed by atoms with Gasteiger partial charge in [0.25, 0.3) is 0 Å². The molecule has 0 spiro atoms. The third kappa shape index (κ3) is 69.5. The van der Waals surface area contributed by atoms with Crippen molar-refractivity contribution >= 4 is 39.5 Å². The van der Waals surface area contributed by atoms with Crippen molar-refractivity contribution in [3.8, 4) is 0 Å². The second-order valence-electron chi connectivity index (χ2n) is 26.8. The van der Waals surface area contributed by atoms with Gasteiger partial charge in [0.15, 0.2) is 12.2 Å². The Balaban J connectivity index is 5.34. The first-order chi connectivity index (χ1) is 46.5. The van der Waals surface area contributed by atoms with Gasteiger partial charge in [-0.25, -0.2) is 9.13 Å². The Bertz CT molecular complexity index is 2030. The lowest BCUT2D eigenvalue weighted by atomic mass is 10.0. The fourth-order valence-corrected chi connectivity index (χ4v) is 12.4. The summed E-state index contributed by atoms with van der Waals surface area (Å²) in [6.45, 7) is 7.15. The number of carbonyl (C=O) groups excluding carboxylic acids is 4. The first-order valence-electron chi connectivity index (χ1n) is 38.8. The molecule has 0 aliphatic heterocycles. The first-order valence-corrected chi connectivity index (χ1v) is 41.8. The predicted molar refractivity (Wildman–Crippen MR) is 390 cm³/mol. The topological polar surface area (TPSA) is 237 Å². The van der Waals surface area contributed by atoms with Crippen molar-refractivity contribution in [2.24, 2.45) is 5.92 Å². The number of unbranched alkanes of at least 4 members (excludes halogenated alkanes) is 39. The smallest absolute Gasteiger partial charge is 0.462 e. The van der Waals surface area contributed by atoms with E-state index in [2.05, 4.69) is 83.2 Å². The maximum Gasteiger partial charge on any atom is 0.472 e. The van der Waals surface area contributed by atoms with Crippen molar-refractivity contribution in [3.05, 3.63) is 48.6 Å². The molecular weight excluding hydrogens is 1260 g/mol. The van der Waals surface area contributed by atoms with E-state index in [1.807, 2.05) is 0 Å². The van der Waals surface area contributed by atoms with Crippen LogP contribution in [0.4, 0.5) is 0 Å². The normalized spacial score (nSPS) is 14.3. The van der Waals surface area contributed by atoms with Gasteiger partial charge in [0.1, 0.15) is 19.3 Å². The molecule has 0 aromatic rings. The number of phosphoric acid groups is 2. The molecule has 5 atom stereocenters. The number of rotatable bonds is 73. The highest BCUT2D eigenvalue weighted by atomic mass is 31.2. The zero-order chi connectivity index (χ0) is 70.5. The van der Waals surface area contributed by atoms with Crippen LogP contribution in [0.5, 0.6) is 0 Å². The number of ether oxygens (including phenoxy) is 4. The van der Waals surface area contributed by atoms with E-state index in [1.54, 1.807) is 0 Å². The molecule has 2 unspecified atom stereocenters. The summed E-state index contributed by atoms with van der Waals surface area (Å²) in [5.74, 6) is -1.43. The summed E-state index contributed by atoms with van der Waals surface area (Å²) < 4.78 is 68.5. The minimum absolute atomic E-state index is 0.0783. The van der Waals surface area contributed by atoms with Crippen LogP contribution in [0.25, 0.3) is 0 Å². The lowest BCUT2D eigenvalue weighted by Crippen LogP contribution is -2.30. The van der Waals surface area contributed by atoms with E-state index < -0.39 is 97.5 Å². The van der Waals surface area contributed by atoms with Gasteiger partial charge in [-0.05, 0) is 83.0 Å². The molecule has 17 nitrogen and oxygen atoms in total. The molecule has 96 heavy (non-hydrogen) atoms. The average molecular weight is 1400 g/mol. The van der Waals surface area contributed by atoms with Crippen molar-refractivity contribution in [1.82, 2.24) is 0 Å². The van der Waals surface area contributed by atoms with E-state index in [4.69, 9.17) is 37.0 Å². The number of aliphatic hydroxyl groups is 1. The number of hydrogen-bond donors (Lipinski definition) is 3. The monoisotopic (exact) mass is 1400 g/mol. The Labute approximate surface area is 585 Å². The molecule has 0 rings (SSSR count). The van der Waals surface area contributed by atoms with Crippen molar-refractivity contribution in [1.29, 1.82) is 0 Å². The van der Waals surface area contributed by atoms with Crippen molar-refractivity contribution < 1.29 is 80.2 Å². The van der Waals surface area contributed by atoms with Gasteiger partial charge in [-0.3, -0.25) is 37.3 Å². The van der Waals surface area contributed by atoms with Gasteiger partial charge in [0.2, 0.25) is 0 Å². The molecule has 0 saturated carbocycles. The van der Waals surface area contributed by atoms with Gasteiger partial charge in [-0.1, -0.05) is 302 Å². The Morgan fingerprint density at radius 3 is 0.854 bits per heavy atom. The molecule has 0 radical (unpaired) electrons. The molecule has 562 valence electrons. The second kappa shape index (κ2) is 69.1. The molecule has 0 aliphatic carbocycles. The van der Waals surface area contributed by atoms with Crippen molar-refractivity contribution in [2.45, 2.75) is 374 Å². The highest BCUT2D eigenvalue weighted by Gasteiger charge is 2.30. The summed E-state index contributed by atoms with van der Waals surface area (Å²) in [5.41, 5.74) is 0. The molecule has 0 aliphatic rings. The number of carbonyl (C=O) groups is 4. The van der Waals surface area contributed by atoms with Crippen molar-refractivity contribution in [3.63, 3.8) is 0 Å². The van der Waals surface area contributed by atoms with Crippen LogP contribution in [0.1, 0.15) is 356 Å². The Morgan fingerprint density at radius 2 is 0.562 bits per heavy atom. The number of hydrogen-bond acceptors (Lipinski definition) is 15. The number of esters is 4. The van der Waals surface area contributed by atoms with Gasteiger partial charge in [-0.15, -0.1) is 0 Å². The minimum Gasteiger partial charge on any atom is -0.462 e. The molecule has 0 bridgehead atoms. The Morgan fingerprint density at radius 1 is 0.323 bits per heavy atom. The molecule has 0 amide bonds. The molecule has 0 heterocycles. The molecule has 0 aromatic heterocycles. The van der Waals surface area contributed by atoms with Crippen LogP contribution in [0, 0.1) is 5.92 Å². The van der Waals surface area contributed by atoms with E-state index in [9.17, 15) is 43.2 Å². The molecule has 0 fully saturated rings. The van der Waals surface area contributed by atoms with Crippen LogP contribution in [0.15, 0.2) is 48.6 Å². The number of phosphoric ester groups is 2. The standard InChI is InChI=1S/C77H142O17P2/c1-6-9-12-15-18-21-24-27-30-33-35-40-45-50-55-60-74(79)87-66-72(93-77(82)63-58-53-48-42-37-34-31-28-25-22-19-16-13-10-7-2)68-91-95(83,84)89-64-71(78)65-90-96(85,86)92-69-73(67-88-75(80)61-56-51-46-43-38-39-44-49-54-59-70(4)5)94-76(81)62-57-52-47-41-36-32-29-26-23-20-17-14-11-8-3/h21-22,24-25,27-28,30-31,70-73,78H,6-20,23,26,29,32-69H2,1-5H3,(H,83,84)(H,85,86)/b24-21-,25-22-,30-27-,31-28-/t71-,72-,73-/m1/s1. The van der Waals surface area contributed by atoms with Crippen LogP contribution in [-0.2, 0) is 65.4 Å². The van der Waals surface area contributed by atoms with Gasteiger partial charge >= 0.3 is 39.5 Å². The van der Waals surface area contributed by atoms with E-state index >= 15 is 0 Å². The number of allylic oxidation sites excluding steroid dienone is 8. The van der Waals surface area contributed by atoms with Crippen LogP contribution in [0.2, 0.25) is 0 Å². The third-order valence-corrected chi connectivity index (χ3v) is 18.7. The maximum absolute atomic E-state index is 13.1. The van der Waals surface area contributed by atoms with Gasteiger partial charge in [0.05, 0.1) is 26.4 Å². The largest absolute Gasteiger partial charge is 0.472 e. The zero-order valence-electron chi connectivity index (χ0n) is 61.5. The summed E-state index contributed by atoms with van der Waals surface area (Å²) >= 11 is 0. The van der Waals surface area contributed by atoms with E-state index in [0.717, 1.165) is 128 Å². The molecular formula is C77H142O17P2. The molecule has 0 aromatic carbocycles. The summed E-state index contributed by atoms with van der Waals surface area (Å²) in [4.78, 5) is 72.8. The molecule has 0 saturated heterocycles. The zero-order valence-corrected chi connectivity index (χ0v) is 63.3. The van der Waals surface area contributed by atoms with Crippen LogP contribution >= 0.6 is 15.6 Å². The fourth-order valence-electron chi connectivity index (χ4n) is 10.8. The predicted octanol–water partition coefficient (Wildman–Crippen LogP) is 22.0. The quantitative estimate of drug-likeness (QED) is 0.0169. The second-order valence-corrected chi connectivity index (χ2v) is 29.8.